The molecular weight excluding hydrogens is 1620 g/mol. The van der Waals surface area contributed by atoms with E-state index in [1.165, 1.54) is 183 Å². The molecule has 0 saturated carbocycles. The van der Waals surface area contributed by atoms with E-state index in [4.69, 9.17) is 5.73 Å². The summed E-state index contributed by atoms with van der Waals surface area (Å²) in [5, 5.41) is 2.73. The third kappa shape index (κ3) is 16.9. The molecule has 0 aliphatic carbocycles. The third-order valence-electron chi connectivity index (χ3n) is 25.0. The van der Waals surface area contributed by atoms with Crippen LogP contribution in [0.3, 0.4) is 0 Å². The summed E-state index contributed by atoms with van der Waals surface area (Å²) in [6, 6.07) is 181. The van der Waals surface area contributed by atoms with E-state index in [0.29, 0.717) is 0 Å². The van der Waals surface area contributed by atoms with Crippen molar-refractivity contribution in [3.8, 4) is 111 Å². The predicted octanol–water partition coefficient (Wildman–Crippen LogP) is 33.9. The number of hydrogen-bond acceptors (Lipinski definition) is 2. The second-order valence-corrected chi connectivity index (χ2v) is 33.4. The van der Waals surface area contributed by atoms with Crippen LogP contribution in [0.1, 0.15) is 64.0 Å². The van der Waals surface area contributed by atoms with Crippen LogP contribution in [0, 0.1) is 0 Å². The molecule has 4 aliphatic rings. The van der Waals surface area contributed by atoms with E-state index in [1.807, 2.05) is 60.7 Å². The zero-order valence-corrected chi connectivity index (χ0v) is 72.5. The van der Waals surface area contributed by atoms with E-state index in [9.17, 15) is 0 Å². The van der Waals surface area contributed by atoms with Gasteiger partial charge in [0.1, 0.15) is 0 Å². The average molecular weight is 1720 g/mol. The zero-order valence-electron chi connectivity index (χ0n) is 70.9. The second-order valence-electron chi connectivity index (χ2n) is 32.6. The minimum absolute atomic E-state index is 0. The summed E-state index contributed by atoms with van der Waals surface area (Å²) >= 11 is 3.53. The molecule has 20 aromatic carbocycles. The Morgan fingerprint density at radius 2 is 0.426 bits per heavy atom. The van der Waals surface area contributed by atoms with Crippen LogP contribution in [0.15, 0.2) is 514 Å². The highest BCUT2D eigenvalue weighted by Crippen LogP contribution is 2.58. The van der Waals surface area contributed by atoms with Crippen molar-refractivity contribution in [3.05, 3.63) is 559 Å². The Labute approximate surface area is 766 Å². The fraction of sp³-hybridized carbons (Fsp3) is 0.0400. The molecule has 4 heteroatoms. The van der Waals surface area contributed by atoms with Crippen molar-refractivity contribution < 1.29 is 0 Å². The van der Waals surface area contributed by atoms with Gasteiger partial charge in [-0.05, 0) is 165 Å². The first kappa shape index (κ1) is 82.9. The molecule has 129 heavy (non-hydrogen) atoms. The summed E-state index contributed by atoms with van der Waals surface area (Å²) in [6.07, 6.45) is 1.85. The summed E-state index contributed by atoms with van der Waals surface area (Å²) in [4.78, 5) is 2.52. The fourth-order valence-electron chi connectivity index (χ4n) is 19.3. The van der Waals surface area contributed by atoms with Crippen LogP contribution in [-0.4, -0.2) is 4.57 Å². The van der Waals surface area contributed by atoms with Gasteiger partial charge in [-0.2, -0.15) is 0 Å². The van der Waals surface area contributed by atoms with E-state index in [0.717, 1.165) is 28.6 Å². The normalized spacial score (nSPS) is 11.7. The quantitative estimate of drug-likeness (QED) is 0.139. The minimum atomic E-state index is 0. The van der Waals surface area contributed by atoms with Gasteiger partial charge in [0.05, 0.1) is 23.1 Å². The van der Waals surface area contributed by atoms with Crippen molar-refractivity contribution in [1.82, 2.24) is 4.57 Å². The number of nitrogens with zero attached hydrogens (tertiary/aromatic N) is 2. The maximum absolute atomic E-state index is 5.85. The summed E-state index contributed by atoms with van der Waals surface area (Å²) in [7, 11) is 0. The van der Waals surface area contributed by atoms with Crippen LogP contribution in [0.5, 0.6) is 0 Å². The Bertz CT molecular complexity index is 6770. The standard InChI is InChI=1S/C25H15N.C25H17N.2C25H20.C12H9Br.C12H11N.CH4/c1-3-9-17-15(7-1)19-11-5-13-21-22-14-6-12-20-16-8-2-4-10-18(16)23(17)26(24(19)21)25(20)22;1-3-13-21-17(9-1)19-11-5-7-15-23(19)26-24-16-8-6-12-20(24)18-10-2-4-14-22(18)25(21)26;2*1-3-11-20(12-4-1)24-17-9-7-15-22(24)19-23-16-8-10-18-25(23)21-13-5-2-6-14-21;2*13-12-9-5-4-8-11(12)10-6-2-1-3-7-10;/h1-14,23H;1-16,25H;2*1-18H,19H2;1-9H;1-9H,13H2;1H4. The Hall–Kier alpha value is -15.7. The average Bonchev–Trinajstić information content (AvgIpc) is 1.55. The number of anilines is 3. The molecule has 0 atom stereocenters. The van der Waals surface area contributed by atoms with Crippen LogP contribution in [0.25, 0.3) is 133 Å². The number of rotatable bonds is 10. The zero-order chi connectivity index (χ0) is 85.9. The highest BCUT2D eigenvalue weighted by molar-refractivity contribution is 9.10. The highest BCUT2D eigenvalue weighted by Gasteiger charge is 2.39. The molecule has 4 aliphatic heterocycles. The Kier molecular flexibility index (Phi) is 24.7. The predicted molar refractivity (Wildman–Crippen MR) is 551 cm³/mol. The number of nitrogen functional groups attached to an aromatic ring is 1. The van der Waals surface area contributed by atoms with E-state index >= 15 is 0 Å². The minimum Gasteiger partial charge on any atom is -0.398 e. The van der Waals surface area contributed by atoms with Crippen molar-refractivity contribution >= 4 is 54.8 Å². The molecule has 21 aromatic rings. The van der Waals surface area contributed by atoms with Gasteiger partial charge in [-0.25, -0.2) is 0 Å². The van der Waals surface area contributed by atoms with E-state index in [1.54, 1.807) is 0 Å². The smallest absolute Gasteiger partial charge is 0.0857 e. The molecule has 0 spiro atoms. The molecule has 0 bridgehead atoms. The first-order chi connectivity index (χ1) is 63.5. The first-order valence-corrected chi connectivity index (χ1v) is 44.9. The lowest BCUT2D eigenvalue weighted by atomic mass is 9.79. The van der Waals surface area contributed by atoms with Crippen LogP contribution >= 0.6 is 15.9 Å². The number of para-hydroxylation sites is 5. The van der Waals surface area contributed by atoms with Gasteiger partial charge in [0, 0.05) is 60.1 Å². The van der Waals surface area contributed by atoms with Crippen molar-refractivity contribution in [2.24, 2.45) is 0 Å². The van der Waals surface area contributed by atoms with Crippen LogP contribution in [0.4, 0.5) is 17.1 Å². The SMILES string of the molecule is Brc1ccccc1-c1ccccc1.C.Nc1ccccc1-c1ccccc1.c1ccc(-c2ccccc2Cc2ccccc2-c2ccccc2)cc1.c1ccc(-c2ccccc2Cc2ccccc2-c2ccccc2)cc1.c1ccc2c(c1)-c1cccc3c4cccc5c4n(c13)C2c1ccccc1-5.c1ccc2c(c1)-c1ccccc1N1c3ccccc3-c3ccccc3C21. The Balaban J connectivity index is 0.000000102. The third-order valence-corrected chi connectivity index (χ3v) is 25.7. The highest BCUT2D eigenvalue weighted by atomic mass is 79.9. The van der Waals surface area contributed by atoms with Crippen LogP contribution < -0.4 is 10.6 Å². The van der Waals surface area contributed by atoms with E-state index in [2.05, 4.69) is 474 Å². The number of benzene rings is 20. The van der Waals surface area contributed by atoms with Crippen LogP contribution in [0.2, 0.25) is 0 Å². The monoisotopic (exact) mass is 1720 g/mol. The summed E-state index contributed by atoms with van der Waals surface area (Å²) < 4.78 is 3.74. The molecule has 0 unspecified atom stereocenters. The van der Waals surface area contributed by atoms with Gasteiger partial charge in [0.15, 0.2) is 0 Å². The number of fused-ring (bicyclic) bond motifs is 18. The molecular formula is C125H96BrN3. The van der Waals surface area contributed by atoms with E-state index < -0.39 is 0 Å². The largest absolute Gasteiger partial charge is 0.398 e. The molecule has 5 heterocycles. The second kappa shape index (κ2) is 38.4. The fourth-order valence-corrected chi connectivity index (χ4v) is 19.8. The molecule has 0 amide bonds. The molecule has 1 aromatic heterocycles. The summed E-state index contributed by atoms with van der Waals surface area (Å²) in [5.74, 6) is 0. The van der Waals surface area contributed by atoms with Gasteiger partial charge >= 0.3 is 0 Å². The van der Waals surface area contributed by atoms with E-state index in [-0.39, 0.29) is 19.5 Å². The van der Waals surface area contributed by atoms with Crippen LogP contribution in [-0.2, 0) is 12.8 Å². The number of hydrogen-bond donors (Lipinski definition) is 1. The van der Waals surface area contributed by atoms with Gasteiger partial charge in [0.2, 0.25) is 0 Å². The molecule has 0 fully saturated rings. The van der Waals surface area contributed by atoms with Gasteiger partial charge in [-0.15, -0.1) is 0 Å². The summed E-state index contributed by atoms with van der Waals surface area (Å²) in [5.41, 5.74) is 48.9. The van der Waals surface area contributed by atoms with Crippen molar-refractivity contribution in [2.45, 2.75) is 32.4 Å². The molecule has 618 valence electrons. The van der Waals surface area contributed by atoms with Gasteiger partial charge in [0.25, 0.3) is 0 Å². The number of aromatic nitrogens is 1. The van der Waals surface area contributed by atoms with Crippen molar-refractivity contribution in [1.29, 1.82) is 0 Å². The first-order valence-electron chi connectivity index (χ1n) is 44.1. The lowest BCUT2D eigenvalue weighted by Gasteiger charge is -2.45. The van der Waals surface area contributed by atoms with Gasteiger partial charge in [-0.1, -0.05) is 509 Å². The molecule has 0 radical (unpaired) electrons. The topological polar surface area (TPSA) is 34.2 Å². The molecule has 25 rings (SSSR count). The molecule has 2 N–H and O–H groups in total. The molecule has 3 nitrogen and oxygen atoms in total. The van der Waals surface area contributed by atoms with Crippen molar-refractivity contribution in [2.75, 3.05) is 10.6 Å². The van der Waals surface area contributed by atoms with Crippen molar-refractivity contribution in [3.63, 3.8) is 0 Å². The number of halogens is 1. The lowest BCUT2D eigenvalue weighted by molar-refractivity contribution is 0.717. The maximum Gasteiger partial charge on any atom is 0.0857 e. The number of nitrogens with two attached hydrogens (primary N) is 1. The summed E-state index contributed by atoms with van der Waals surface area (Å²) in [6.45, 7) is 0. The Morgan fingerprint density at radius 1 is 0.194 bits per heavy atom. The van der Waals surface area contributed by atoms with Gasteiger partial charge in [-0.3, -0.25) is 0 Å². The maximum atomic E-state index is 5.85. The molecule has 0 saturated heterocycles. The lowest BCUT2D eigenvalue weighted by Crippen LogP contribution is -2.32. The Morgan fingerprint density at radius 3 is 0.760 bits per heavy atom. The van der Waals surface area contributed by atoms with Gasteiger partial charge < -0.3 is 15.2 Å².